The second-order valence-electron chi connectivity index (χ2n) is 5.33. The molecule has 0 fully saturated rings. The number of halogens is 3. The van der Waals surface area contributed by atoms with Crippen LogP contribution < -0.4 is 5.01 Å². The van der Waals surface area contributed by atoms with Crippen LogP contribution in [0.15, 0.2) is 39.2 Å². The second kappa shape index (κ2) is 7.04. The lowest BCUT2D eigenvalue weighted by Crippen LogP contribution is -2.27. The zero-order chi connectivity index (χ0) is 17.4. The Morgan fingerprint density at radius 2 is 2.12 bits per heavy atom. The molecule has 1 aromatic carbocycles. The number of carboxylic acid groups (broad SMARTS) is 1. The highest BCUT2D eigenvalue weighted by atomic mass is 79.9. The predicted octanol–water partition coefficient (Wildman–Crippen LogP) is 5.85. The Labute approximate surface area is 161 Å². The van der Waals surface area contributed by atoms with Gasteiger partial charge in [0.05, 0.1) is 20.5 Å². The van der Waals surface area contributed by atoms with Gasteiger partial charge in [0.15, 0.2) is 5.71 Å². The van der Waals surface area contributed by atoms with E-state index in [0.717, 1.165) is 8.66 Å². The maximum Gasteiger partial charge on any atom is 0.352 e. The summed E-state index contributed by atoms with van der Waals surface area (Å²) < 4.78 is 0.985. The largest absolute Gasteiger partial charge is 0.477 e. The predicted molar refractivity (Wildman–Crippen MR) is 103 cm³/mol. The van der Waals surface area contributed by atoms with Crippen LogP contribution in [0, 0.1) is 5.92 Å². The molecule has 1 aliphatic rings. The number of carbonyl (C=O) groups is 1. The number of hydrogen-bond donors (Lipinski definition) is 1. The lowest BCUT2D eigenvalue weighted by atomic mass is 9.91. The van der Waals surface area contributed by atoms with Gasteiger partial charge in [-0.3, -0.25) is 5.01 Å². The molecule has 1 aliphatic heterocycles. The molecule has 3 rings (SSSR count). The van der Waals surface area contributed by atoms with Crippen molar-refractivity contribution < 1.29 is 9.90 Å². The van der Waals surface area contributed by atoms with Crippen LogP contribution in [0.25, 0.3) is 0 Å². The minimum atomic E-state index is -1.00. The van der Waals surface area contributed by atoms with Crippen molar-refractivity contribution in [3.8, 4) is 0 Å². The van der Waals surface area contributed by atoms with Crippen LogP contribution >= 0.6 is 50.5 Å². The number of anilines is 1. The Morgan fingerprint density at radius 1 is 1.38 bits per heavy atom. The third-order valence-electron chi connectivity index (χ3n) is 3.91. The van der Waals surface area contributed by atoms with Gasteiger partial charge in [0.2, 0.25) is 0 Å². The summed E-state index contributed by atoms with van der Waals surface area (Å²) in [5.41, 5.74) is 0.795. The molecule has 126 valence electrons. The summed E-state index contributed by atoms with van der Waals surface area (Å²) in [4.78, 5) is 12.7. The summed E-state index contributed by atoms with van der Waals surface area (Å²) >= 11 is 17.3. The van der Waals surface area contributed by atoms with Crippen molar-refractivity contribution in [1.29, 1.82) is 0 Å². The Bertz CT molecular complexity index is 824. The van der Waals surface area contributed by atoms with Gasteiger partial charge < -0.3 is 5.11 Å². The maximum absolute atomic E-state index is 11.7. The minimum Gasteiger partial charge on any atom is -0.477 e. The van der Waals surface area contributed by atoms with E-state index in [0.29, 0.717) is 22.2 Å². The minimum absolute atomic E-state index is 0.151. The van der Waals surface area contributed by atoms with Crippen LogP contribution in [0.4, 0.5) is 5.69 Å². The molecule has 1 N–H and O–H groups in total. The molecule has 2 heterocycles. The van der Waals surface area contributed by atoms with Gasteiger partial charge in [0, 0.05) is 15.8 Å². The second-order valence-corrected chi connectivity index (χ2v) is 8.67. The number of thiophene rings is 1. The topological polar surface area (TPSA) is 52.9 Å². The van der Waals surface area contributed by atoms with Crippen LogP contribution in [0.5, 0.6) is 0 Å². The van der Waals surface area contributed by atoms with Crippen LogP contribution in [-0.2, 0) is 4.79 Å². The lowest BCUT2D eigenvalue weighted by molar-refractivity contribution is -0.129. The molecule has 0 saturated heterocycles. The molecule has 0 aliphatic carbocycles. The maximum atomic E-state index is 11.7. The zero-order valence-corrected chi connectivity index (χ0v) is 16.5. The first-order valence-electron chi connectivity index (χ1n) is 7.23. The normalized spacial score (nSPS) is 20.3. The highest BCUT2D eigenvalue weighted by molar-refractivity contribution is 9.11. The van der Waals surface area contributed by atoms with E-state index in [1.165, 1.54) is 0 Å². The Hall–Kier alpha value is -1.08. The van der Waals surface area contributed by atoms with Gasteiger partial charge >= 0.3 is 5.97 Å². The van der Waals surface area contributed by atoms with Crippen molar-refractivity contribution in [1.82, 2.24) is 0 Å². The number of hydrogen-bond acceptors (Lipinski definition) is 4. The average Bonchev–Trinajstić information content (AvgIpc) is 3.10. The number of nitrogens with zero attached hydrogens (tertiary/aromatic N) is 2. The zero-order valence-electron chi connectivity index (χ0n) is 12.5. The number of benzene rings is 1. The molecule has 0 radical (unpaired) electrons. The molecule has 0 spiro atoms. The number of hydrazone groups is 1. The van der Waals surface area contributed by atoms with E-state index in [9.17, 15) is 9.90 Å². The molecule has 0 bridgehead atoms. The summed E-state index contributed by atoms with van der Waals surface area (Å²) in [6.07, 6.45) is 0.660. The van der Waals surface area contributed by atoms with Gasteiger partial charge in [0.1, 0.15) is 0 Å². The fraction of sp³-hybridized carbons (Fsp3) is 0.250. The molecule has 2 aromatic rings. The van der Waals surface area contributed by atoms with E-state index in [1.54, 1.807) is 34.5 Å². The number of rotatable bonds is 4. The van der Waals surface area contributed by atoms with Crippen LogP contribution in [-0.4, -0.2) is 16.8 Å². The first kappa shape index (κ1) is 17.7. The molecule has 4 nitrogen and oxygen atoms in total. The standard InChI is InChI=1S/C16H13BrCl2N2O2S/c1-2-9-14(16(22)23)20-21(11-4-3-8(18)7-10(11)19)15(9)12-5-6-13(17)24-12/h3-7,9,15H,2H2,1H3,(H,22,23)/t9-,15+/m0/s1. The van der Waals surface area contributed by atoms with Crippen molar-refractivity contribution in [2.75, 3.05) is 5.01 Å². The molecule has 8 heteroatoms. The number of carboxylic acids is 1. The molecule has 0 amide bonds. The van der Waals surface area contributed by atoms with Gasteiger partial charge in [0.25, 0.3) is 0 Å². The van der Waals surface area contributed by atoms with Crippen molar-refractivity contribution in [2.45, 2.75) is 19.4 Å². The molecular formula is C16H13BrCl2N2O2S. The van der Waals surface area contributed by atoms with Gasteiger partial charge in [-0.15, -0.1) is 11.3 Å². The van der Waals surface area contributed by atoms with E-state index < -0.39 is 5.97 Å². The summed E-state index contributed by atoms with van der Waals surface area (Å²) in [6, 6.07) is 8.85. The average molecular weight is 448 g/mol. The fourth-order valence-electron chi connectivity index (χ4n) is 2.87. The third kappa shape index (κ3) is 3.20. The van der Waals surface area contributed by atoms with E-state index >= 15 is 0 Å². The summed E-state index contributed by atoms with van der Waals surface area (Å²) in [5.74, 6) is -1.23. The third-order valence-corrected chi connectivity index (χ3v) is 6.14. The first-order valence-corrected chi connectivity index (χ1v) is 9.60. The summed E-state index contributed by atoms with van der Waals surface area (Å²) in [7, 11) is 0. The van der Waals surface area contributed by atoms with Gasteiger partial charge in [-0.25, -0.2) is 4.79 Å². The Kier molecular flexibility index (Phi) is 5.20. The Balaban J connectivity index is 2.13. The fourth-order valence-corrected chi connectivity index (χ4v) is 4.94. The van der Waals surface area contributed by atoms with Crippen LogP contribution in [0.3, 0.4) is 0 Å². The smallest absolute Gasteiger partial charge is 0.352 e. The molecular weight excluding hydrogens is 435 g/mol. The van der Waals surface area contributed by atoms with Gasteiger partial charge in [-0.2, -0.15) is 5.10 Å². The monoisotopic (exact) mass is 446 g/mol. The molecule has 1 aromatic heterocycles. The van der Waals surface area contributed by atoms with E-state index in [2.05, 4.69) is 21.0 Å². The number of aliphatic carboxylic acids is 1. The summed E-state index contributed by atoms with van der Waals surface area (Å²) in [5, 5.41) is 16.6. The lowest BCUT2D eigenvalue weighted by Gasteiger charge is -2.27. The highest BCUT2D eigenvalue weighted by Gasteiger charge is 2.42. The van der Waals surface area contributed by atoms with E-state index in [1.807, 2.05) is 19.1 Å². The van der Waals surface area contributed by atoms with Gasteiger partial charge in [-0.05, 0) is 52.7 Å². The SMILES string of the molecule is CC[C@H]1C(C(=O)O)=NN(c2ccc(Cl)cc2Cl)[C@H]1c1ccc(Br)s1. The van der Waals surface area contributed by atoms with Crippen LogP contribution in [0.1, 0.15) is 24.3 Å². The summed E-state index contributed by atoms with van der Waals surface area (Å²) in [6.45, 7) is 1.96. The van der Waals surface area contributed by atoms with Crippen molar-refractivity contribution in [2.24, 2.45) is 11.0 Å². The molecule has 0 unspecified atom stereocenters. The quantitative estimate of drug-likeness (QED) is 0.639. The van der Waals surface area contributed by atoms with Crippen LogP contribution in [0.2, 0.25) is 10.0 Å². The molecule has 2 atom stereocenters. The molecule has 24 heavy (non-hydrogen) atoms. The highest BCUT2D eigenvalue weighted by Crippen LogP contribution is 2.45. The van der Waals surface area contributed by atoms with E-state index in [4.69, 9.17) is 23.2 Å². The van der Waals surface area contributed by atoms with Gasteiger partial charge in [-0.1, -0.05) is 30.1 Å². The molecule has 0 saturated carbocycles. The van der Waals surface area contributed by atoms with Crippen molar-refractivity contribution in [3.05, 3.63) is 49.0 Å². The van der Waals surface area contributed by atoms with Crippen molar-refractivity contribution in [3.63, 3.8) is 0 Å². The first-order chi connectivity index (χ1) is 11.4. The van der Waals surface area contributed by atoms with E-state index in [-0.39, 0.29) is 17.7 Å². The Morgan fingerprint density at radius 3 is 2.67 bits per heavy atom. The van der Waals surface area contributed by atoms with Crippen molar-refractivity contribution >= 4 is 67.8 Å².